The minimum absolute atomic E-state index is 0.0386. The van der Waals surface area contributed by atoms with Crippen LogP contribution in [0.2, 0.25) is 0 Å². The number of furan rings is 1. The quantitative estimate of drug-likeness (QED) is 0.507. The van der Waals surface area contributed by atoms with Gasteiger partial charge in [-0.05, 0) is 23.8 Å². The Bertz CT molecular complexity index is 1060. The van der Waals surface area contributed by atoms with Crippen molar-refractivity contribution in [2.45, 2.75) is 6.54 Å². The molecule has 0 aliphatic heterocycles. The van der Waals surface area contributed by atoms with E-state index >= 15 is 0 Å². The lowest BCUT2D eigenvalue weighted by atomic mass is 10.2. The SMILES string of the molecule is O=C(c1ccco1)N(Cc1ccccc1)c1nc2c(F)cc(F)cc2s1. The van der Waals surface area contributed by atoms with Gasteiger partial charge in [-0.3, -0.25) is 9.69 Å². The molecule has 0 spiro atoms. The average Bonchev–Trinajstić information content (AvgIpc) is 3.29. The molecular formula is C19H12F2N2O2S. The van der Waals surface area contributed by atoms with Crippen LogP contribution >= 0.6 is 11.3 Å². The molecule has 0 aliphatic carbocycles. The van der Waals surface area contributed by atoms with Gasteiger partial charge in [-0.1, -0.05) is 41.7 Å². The van der Waals surface area contributed by atoms with Gasteiger partial charge in [-0.15, -0.1) is 0 Å². The largest absolute Gasteiger partial charge is 0.459 e. The molecule has 4 aromatic rings. The molecule has 7 heteroatoms. The third-order valence-electron chi connectivity index (χ3n) is 3.79. The van der Waals surface area contributed by atoms with Crippen LogP contribution in [0.3, 0.4) is 0 Å². The third kappa shape index (κ3) is 3.09. The fourth-order valence-electron chi connectivity index (χ4n) is 2.59. The van der Waals surface area contributed by atoms with E-state index in [0.29, 0.717) is 4.70 Å². The molecule has 1 amide bonds. The highest BCUT2D eigenvalue weighted by atomic mass is 32.1. The van der Waals surface area contributed by atoms with Crippen LogP contribution in [-0.4, -0.2) is 10.9 Å². The van der Waals surface area contributed by atoms with E-state index in [1.54, 1.807) is 12.1 Å². The summed E-state index contributed by atoms with van der Waals surface area (Å²) in [7, 11) is 0. The Morgan fingerprint density at radius 1 is 1.12 bits per heavy atom. The number of aromatic nitrogens is 1. The standard InChI is InChI=1S/C19H12F2N2O2S/c20-13-9-14(21)17-16(10-13)26-19(22-17)23(11-12-5-2-1-3-6-12)18(24)15-7-4-8-25-15/h1-10H,11H2. The van der Waals surface area contributed by atoms with Crippen molar-refractivity contribution in [3.8, 4) is 0 Å². The lowest BCUT2D eigenvalue weighted by molar-refractivity contribution is 0.0958. The molecule has 2 aromatic carbocycles. The molecule has 0 radical (unpaired) electrons. The molecule has 130 valence electrons. The number of hydrogen-bond acceptors (Lipinski definition) is 4. The monoisotopic (exact) mass is 370 g/mol. The van der Waals surface area contributed by atoms with Crippen LogP contribution < -0.4 is 4.90 Å². The van der Waals surface area contributed by atoms with E-state index in [4.69, 9.17) is 4.42 Å². The molecule has 2 heterocycles. The molecule has 0 atom stereocenters. The molecule has 0 saturated heterocycles. The van der Waals surface area contributed by atoms with Crippen molar-refractivity contribution in [2.24, 2.45) is 0 Å². The maximum absolute atomic E-state index is 14.0. The lowest BCUT2D eigenvalue weighted by Gasteiger charge is -2.18. The van der Waals surface area contributed by atoms with Gasteiger partial charge in [0.15, 0.2) is 16.7 Å². The summed E-state index contributed by atoms with van der Waals surface area (Å²) in [6, 6.07) is 14.5. The second kappa shape index (κ2) is 6.68. The molecule has 4 nitrogen and oxygen atoms in total. The number of anilines is 1. The Balaban J connectivity index is 1.79. The Morgan fingerprint density at radius 3 is 2.65 bits per heavy atom. The zero-order valence-corrected chi connectivity index (χ0v) is 14.2. The summed E-state index contributed by atoms with van der Waals surface area (Å²) in [6.45, 7) is 0.226. The van der Waals surface area contributed by atoms with Crippen molar-refractivity contribution in [3.63, 3.8) is 0 Å². The normalized spacial score (nSPS) is 11.0. The first-order valence-corrected chi connectivity index (χ1v) is 8.58. The zero-order valence-electron chi connectivity index (χ0n) is 13.4. The lowest BCUT2D eigenvalue weighted by Crippen LogP contribution is -2.30. The van der Waals surface area contributed by atoms with E-state index in [-0.39, 0.29) is 23.0 Å². The number of carbonyl (C=O) groups is 1. The van der Waals surface area contributed by atoms with E-state index in [2.05, 4.69) is 4.98 Å². The summed E-state index contributed by atoms with van der Waals surface area (Å²) in [5.41, 5.74) is 0.912. The first-order valence-electron chi connectivity index (χ1n) is 7.77. The van der Waals surface area contributed by atoms with Crippen LogP contribution in [0.15, 0.2) is 65.3 Å². The molecule has 0 aliphatic rings. The summed E-state index contributed by atoms with van der Waals surface area (Å²) in [5.74, 6) is -1.70. The first-order chi connectivity index (χ1) is 12.6. The summed E-state index contributed by atoms with van der Waals surface area (Å²) in [5, 5.41) is 0.273. The summed E-state index contributed by atoms with van der Waals surface area (Å²) >= 11 is 1.05. The molecular weight excluding hydrogens is 358 g/mol. The van der Waals surface area contributed by atoms with Crippen molar-refractivity contribution in [1.29, 1.82) is 0 Å². The number of fused-ring (bicyclic) bond motifs is 1. The van der Waals surface area contributed by atoms with Gasteiger partial charge in [0.1, 0.15) is 11.3 Å². The van der Waals surface area contributed by atoms with Crippen LogP contribution in [0.25, 0.3) is 10.2 Å². The number of nitrogens with zero attached hydrogens (tertiary/aromatic N) is 2. The smallest absolute Gasteiger partial charge is 0.296 e. The second-order valence-corrected chi connectivity index (χ2v) is 6.59. The van der Waals surface area contributed by atoms with Gasteiger partial charge < -0.3 is 4.42 Å². The summed E-state index contributed by atoms with van der Waals surface area (Å²) < 4.78 is 33.0. The topological polar surface area (TPSA) is 46.3 Å². The average molecular weight is 370 g/mol. The number of rotatable bonds is 4. The van der Waals surface area contributed by atoms with Crippen LogP contribution in [0.5, 0.6) is 0 Å². The molecule has 4 rings (SSSR count). The minimum atomic E-state index is -0.757. The number of benzene rings is 2. The van der Waals surface area contributed by atoms with E-state index in [9.17, 15) is 13.6 Å². The Labute approximate surface area is 151 Å². The number of thiazole rings is 1. The second-order valence-electron chi connectivity index (χ2n) is 5.58. The first kappa shape index (κ1) is 16.4. The van der Waals surface area contributed by atoms with E-state index in [1.807, 2.05) is 30.3 Å². The molecule has 0 fully saturated rings. The van der Waals surface area contributed by atoms with Crippen molar-refractivity contribution in [3.05, 3.63) is 83.8 Å². The van der Waals surface area contributed by atoms with Crippen LogP contribution in [0.1, 0.15) is 16.1 Å². The molecule has 2 aromatic heterocycles. The van der Waals surface area contributed by atoms with Gasteiger partial charge in [-0.25, -0.2) is 13.8 Å². The highest BCUT2D eigenvalue weighted by Crippen LogP contribution is 2.32. The minimum Gasteiger partial charge on any atom is -0.459 e. The van der Waals surface area contributed by atoms with Crippen LogP contribution in [0.4, 0.5) is 13.9 Å². The molecule has 0 bridgehead atoms. The predicted molar refractivity (Wildman–Crippen MR) is 95.2 cm³/mol. The third-order valence-corrected chi connectivity index (χ3v) is 4.82. The highest BCUT2D eigenvalue weighted by molar-refractivity contribution is 7.22. The van der Waals surface area contributed by atoms with Gasteiger partial charge in [0.2, 0.25) is 0 Å². The van der Waals surface area contributed by atoms with Crippen molar-refractivity contribution >= 4 is 32.6 Å². The number of amides is 1. The number of hydrogen-bond donors (Lipinski definition) is 0. The maximum atomic E-state index is 14.0. The molecule has 0 unspecified atom stereocenters. The highest BCUT2D eigenvalue weighted by Gasteiger charge is 2.24. The fourth-order valence-corrected chi connectivity index (χ4v) is 3.59. The van der Waals surface area contributed by atoms with E-state index in [1.165, 1.54) is 17.2 Å². The Hall–Kier alpha value is -3.06. The molecule has 0 N–H and O–H groups in total. The molecule has 0 saturated carbocycles. The summed E-state index contributed by atoms with van der Waals surface area (Å²) in [4.78, 5) is 18.5. The van der Waals surface area contributed by atoms with Gasteiger partial charge >= 0.3 is 0 Å². The summed E-state index contributed by atoms with van der Waals surface area (Å²) in [6.07, 6.45) is 1.40. The fraction of sp³-hybridized carbons (Fsp3) is 0.0526. The van der Waals surface area contributed by atoms with Gasteiger partial charge in [0.25, 0.3) is 5.91 Å². The van der Waals surface area contributed by atoms with Crippen molar-refractivity contribution in [1.82, 2.24) is 4.98 Å². The van der Waals surface area contributed by atoms with Crippen LogP contribution in [0, 0.1) is 11.6 Å². The maximum Gasteiger partial charge on any atom is 0.296 e. The number of carbonyl (C=O) groups excluding carboxylic acids is 1. The van der Waals surface area contributed by atoms with E-state index < -0.39 is 17.5 Å². The van der Waals surface area contributed by atoms with Gasteiger partial charge in [-0.2, -0.15) is 0 Å². The van der Waals surface area contributed by atoms with Crippen molar-refractivity contribution in [2.75, 3.05) is 4.90 Å². The Morgan fingerprint density at radius 2 is 1.92 bits per heavy atom. The van der Waals surface area contributed by atoms with E-state index in [0.717, 1.165) is 23.0 Å². The zero-order chi connectivity index (χ0) is 18.1. The molecule has 26 heavy (non-hydrogen) atoms. The van der Waals surface area contributed by atoms with Crippen LogP contribution in [-0.2, 0) is 6.54 Å². The van der Waals surface area contributed by atoms with Gasteiger partial charge in [0.05, 0.1) is 17.5 Å². The van der Waals surface area contributed by atoms with Crippen molar-refractivity contribution < 1.29 is 18.0 Å². The number of halogens is 2. The van der Waals surface area contributed by atoms with Gasteiger partial charge in [0, 0.05) is 6.07 Å². The predicted octanol–water partition coefficient (Wildman–Crippen LogP) is 5.01. The Kier molecular flexibility index (Phi) is 4.22.